The third kappa shape index (κ3) is 3.26. The second kappa shape index (κ2) is 5.76. The van der Waals surface area contributed by atoms with Crippen LogP contribution in [0.15, 0.2) is 30.3 Å². The molecule has 1 aromatic heterocycles. The number of nitrogens with zero attached hydrogens (tertiary/aromatic N) is 2. The molecule has 0 spiro atoms. The molecule has 2 N–H and O–H groups in total. The Balaban J connectivity index is 2.38. The molecule has 21 heavy (non-hydrogen) atoms. The zero-order valence-corrected chi connectivity index (χ0v) is 11.6. The first-order chi connectivity index (χ1) is 9.88. The van der Waals surface area contributed by atoms with E-state index < -0.39 is 10.8 Å². The summed E-state index contributed by atoms with van der Waals surface area (Å²) in [5.74, 6) is -1.23. The zero-order valence-electron chi connectivity index (χ0n) is 10.8. The minimum Gasteiger partial charge on any atom is -0.507 e. The maximum Gasteiger partial charge on any atom is 0.311 e. The fourth-order valence-corrected chi connectivity index (χ4v) is 1.82. The van der Waals surface area contributed by atoms with Gasteiger partial charge in [-0.2, -0.15) is 0 Å². The van der Waals surface area contributed by atoms with Crippen LogP contribution < -0.4 is 5.32 Å². The molecule has 7 nitrogen and oxygen atoms in total. The summed E-state index contributed by atoms with van der Waals surface area (Å²) in [5.41, 5.74) is 0.359. The molecule has 1 heterocycles. The highest BCUT2D eigenvalue weighted by Crippen LogP contribution is 2.26. The molecule has 0 bridgehead atoms. The lowest BCUT2D eigenvalue weighted by Crippen LogP contribution is -2.14. The maximum absolute atomic E-state index is 12.1. The van der Waals surface area contributed by atoms with E-state index in [9.17, 15) is 20.0 Å². The van der Waals surface area contributed by atoms with Crippen molar-refractivity contribution >= 4 is 29.0 Å². The summed E-state index contributed by atoms with van der Waals surface area (Å²) < 4.78 is 0. The molecule has 0 aliphatic rings. The monoisotopic (exact) mass is 307 g/mol. The molecular formula is C13H10ClN3O4. The van der Waals surface area contributed by atoms with E-state index in [2.05, 4.69) is 10.3 Å². The van der Waals surface area contributed by atoms with Gasteiger partial charge in [-0.15, -0.1) is 0 Å². The average molecular weight is 308 g/mol. The van der Waals surface area contributed by atoms with Gasteiger partial charge in [-0.1, -0.05) is 23.2 Å². The molecule has 1 aromatic carbocycles. The van der Waals surface area contributed by atoms with Crippen molar-refractivity contribution in [2.24, 2.45) is 0 Å². The fraction of sp³-hybridized carbons (Fsp3) is 0.0769. The van der Waals surface area contributed by atoms with E-state index in [1.54, 1.807) is 13.0 Å². The Morgan fingerprint density at radius 1 is 1.38 bits per heavy atom. The number of phenols is 1. The van der Waals surface area contributed by atoms with Crippen LogP contribution in [0.4, 0.5) is 11.5 Å². The van der Waals surface area contributed by atoms with Crippen molar-refractivity contribution in [2.75, 3.05) is 5.32 Å². The van der Waals surface area contributed by atoms with E-state index in [1.807, 2.05) is 0 Å². The van der Waals surface area contributed by atoms with E-state index in [4.69, 9.17) is 11.6 Å². The maximum atomic E-state index is 12.1. The van der Waals surface area contributed by atoms with Crippen molar-refractivity contribution in [3.8, 4) is 5.75 Å². The third-order valence-corrected chi connectivity index (χ3v) is 2.88. The molecule has 0 radical (unpaired) electrons. The van der Waals surface area contributed by atoms with Crippen LogP contribution in [-0.2, 0) is 0 Å². The third-order valence-electron chi connectivity index (χ3n) is 2.67. The predicted octanol–water partition coefficient (Wildman–Crippen LogP) is 2.91. The predicted molar refractivity (Wildman–Crippen MR) is 76.7 cm³/mol. The van der Waals surface area contributed by atoms with E-state index in [0.717, 1.165) is 11.6 Å². The Hall–Kier alpha value is -2.67. The minimum atomic E-state index is -0.714. The lowest BCUT2D eigenvalue weighted by molar-refractivity contribution is -0.384. The number of hydrogen-bond donors (Lipinski definition) is 2. The van der Waals surface area contributed by atoms with Crippen LogP contribution in [0.2, 0.25) is 5.15 Å². The fourth-order valence-electron chi connectivity index (χ4n) is 1.67. The summed E-state index contributed by atoms with van der Waals surface area (Å²) in [5, 5.41) is 22.9. The Morgan fingerprint density at radius 3 is 2.76 bits per heavy atom. The highest BCUT2D eigenvalue weighted by molar-refractivity contribution is 6.29. The van der Waals surface area contributed by atoms with Crippen molar-refractivity contribution in [2.45, 2.75) is 6.92 Å². The molecule has 0 saturated carbocycles. The van der Waals surface area contributed by atoms with Gasteiger partial charge in [-0.25, -0.2) is 4.98 Å². The molecule has 1 amide bonds. The molecule has 0 aliphatic heterocycles. The van der Waals surface area contributed by atoms with Crippen LogP contribution in [-0.4, -0.2) is 20.9 Å². The summed E-state index contributed by atoms with van der Waals surface area (Å²) in [4.78, 5) is 26.0. The Kier molecular flexibility index (Phi) is 4.04. The Bertz CT molecular complexity index is 733. The number of pyridine rings is 1. The summed E-state index contributed by atoms with van der Waals surface area (Å²) in [7, 11) is 0. The minimum absolute atomic E-state index is 0.00404. The second-order valence-corrected chi connectivity index (χ2v) is 4.62. The van der Waals surface area contributed by atoms with E-state index in [-0.39, 0.29) is 28.0 Å². The summed E-state index contributed by atoms with van der Waals surface area (Å²) in [6.45, 7) is 1.75. The van der Waals surface area contributed by atoms with Crippen LogP contribution in [0, 0.1) is 17.0 Å². The second-order valence-electron chi connectivity index (χ2n) is 4.23. The number of phenolic OH excluding ortho intramolecular Hbond substituents is 1. The van der Waals surface area contributed by atoms with Crippen LogP contribution >= 0.6 is 11.6 Å². The Morgan fingerprint density at radius 2 is 2.10 bits per heavy atom. The number of carbonyl (C=O) groups is 1. The molecule has 0 aliphatic carbocycles. The topological polar surface area (TPSA) is 105 Å². The summed E-state index contributed by atoms with van der Waals surface area (Å²) in [6.07, 6.45) is 0. The molecule has 0 atom stereocenters. The summed E-state index contributed by atoms with van der Waals surface area (Å²) in [6, 6.07) is 6.85. The highest BCUT2D eigenvalue weighted by atomic mass is 35.5. The molecule has 2 rings (SSSR count). The normalized spacial score (nSPS) is 10.2. The van der Waals surface area contributed by atoms with Gasteiger partial charge >= 0.3 is 5.69 Å². The van der Waals surface area contributed by atoms with Crippen LogP contribution in [0.3, 0.4) is 0 Å². The number of anilines is 1. The number of aromatic nitrogens is 1. The van der Waals surface area contributed by atoms with Crippen molar-refractivity contribution in [3.63, 3.8) is 0 Å². The lowest BCUT2D eigenvalue weighted by atomic mass is 10.1. The van der Waals surface area contributed by atoms with Gasteiger partial charge in [0.1, 0.15) is 10.9 Å². The van der Waals surface area contributed by atoms with Crippen LogP contribution in [0.25, 0.3) is 0 Å². The number of hydrogen-bond acceptors (Lipinski definition) is 5. The molecule has 0 unspecified atom stereocenters. The van der Waals surface area contributed by atoms with Gasteiger partial charge in [0.25, 0.3) is 5.91 Å². The number of carbonyl (C=O) groups excluding carboxylic acids is 1. The van der Waals surface area contributed by atoms with Gasteiger partial charge < -0.3 is 10.4 Å². The first-order valence-corrected chi connectivity index (χ1v) is 6.18. The largest absolute Gasteiger partial charge is 0.507 e. The number of nitro groups is 1. The van der Waals surface area contributed by atoms with Crippen molar-refractivity contribution in [1.82, 2.24) is 4.98 Å². The van der Waals surface area contributed by atoms with Crippen molar-refractivity contribution in [1.29, 1.82) is 0 Å². The number of aromatic hydroxyl groups is 1. The molecule has 2 aromatic rings. The number of halogens is 1. The van der Waals surface area contributed by atoms with Gasteiger partial charge in [0.15, 0.2) is 0 Å². The van der Waals surface area contributed by atoms with Crippen LogP contribution in [0.1, 0.15) is 15.9 Å². The lowest BCUT2D eigenvalue weighted by Gasteiger charge is -2.07. The van der Waals surface area contributed by atoms with E-state index in [1.165, 1.54) is 18.2 Å². The number of benzene rings is 1. The quantitative estimate of drug-likeness (QED) is 0.515. The first kappa shape index (κ1) is 14.7. The van der Waals surface area contributed by atoms with E-state index in [0.29, 0.717) is 0 Å². The number of nitrogens with one attached hydrogen (secondary N) is 1. The molecule has 8 heteroatoms. The highest BCUT2D eigenvalue weighted by Gasteiger charge is 2.20. The average Bonchev–Trinajstić information content (AvgIpc) is 2.41. The van der Waals surface area contributed by atoms with E-state index >= 15 is 0 Å². The van der Waals surface area contributed by atoms with Gasteiger partial charge in [-0.05, 0) is 25.1 Å². The zero-order chi connectivity index (χ0) is 15.6. The molecule has 108 valence electrons. The van der Waals surface area contributed by atoms with Gasteiger partial charge in [0.2, 0.25) is 5.82 Å². The van der Waals surface area contributed by atoms with Gasteiger partial charge in [0.05, 0.1) is 10.5 Å². The standard InChI is InChI=1S/C13H10ClN3O4/c1-7-2-4-10(18)8(6-7)13(19)16-12-9(17(20)21)3-5-11(14)15-12/h2-6,18H,1H3,(H,15,16,19). The number of rotatable bonds is 3. The van der Waals surface area contributed by atoms with Crippen molar-refractivity contribution < 1.29 is 14.8 Å². The van der Waals surface area contributed by atoms with Gasteiger partial charge in [0, 0.05) is 6.07 Å². The number of aryl methyl sites for hydroxylation is 1. The first-order valence-electron chi connectivity index (χ1n) is 5.80. The Labute approximate surface area is 124 Å². The summed E-state index contributed by atoms with van der Waals surface area (Å²) >= 11 is 5.67. The van der Waals surface area contributed by atoms with Gasteiger partial charge in [-0.3, -0.25) is 14.9 Å². The smallest absolute Gasteiger partial charge is 0.311 e. The number of amides is 1. The van der Waals surface area contributed by atoms with Crippen molar-refractivity contribution in [3.05, 3.63) is 56.7 Å². The molecular weight excluding hydrogens is 298 g/mol. The molecule has 0 fully saturated rings. The SMILES string of the molecule is Cc1ccc(O)c(C(=O)Nc2nc(Cl)ccc2[N+](=O)[O-])c1. The molecule has 0 saturated heterocycles. The van der Waals surface area contributed by atoms with Crippen LogP contribution in [0.5, 0.6) is 5.75 Å².